The fraction of sp³-hybridized carbons (Fsp3) is 0.105. The van der Waals surface area contributed by atoms with E-state index in [9.17, 15) is 4.79 Å². The third kappa shape index (κ3) is 4.24. The molecule has 0 atom stereocenters. The summed E-state index contributed by atoms with van der Waals surface area (Å²) < 4.78 is 5.32. The first-order valence-corrected chi connectivity index (χ1v) is 8.22. The highest BCUT2D eigenvalue weighted by Crippen LogP contribution is 2.29. The van der Waals surface area contributed by atoms with Gasteiger partial charge in [0.1, 0.15) is 11.6 Å². The number of nitrogen functional groups attached to an aromatic ring is 1. The Kier molecular flexibility index (Phi) is 5.36. The molecule has 0 aliphatic carbocycles. The summed E-state index contributed by atoms with van der Waals surface area (Å²) in [6.07, 6.45) is 1.62. The van der Waals surface area contributed by atoms with Crippen molar-refractivity contribution in [2.24, 2.45) is 0 Å². The summed E-state index contributed by atoms with van der Waals surface area (Å²) in [5.41, 5.74) is 8.23. The van der Waals surface area contributed by atoms with Gasteiger partial charge >= 0.3 is 0 Å². The average molecular weight is 364 g/mol. The molecule has 0 fully saturated rings. The van der Waals surface area contributed by atoms with Gasteiger partial charge in [-0.15, -0.1) is 0 Å². The standard InChI is InChI=1S/C19H20N6O2/c1-21-18(26)13-5-3-4-6-14(13)23-17-9-10-22-19(25-17)24-15-8-7-12(20)11-16(15)27-2/h3-11H,20H2,1-2H3,(H,21,26)(H2,22,23,24,25). The lowest BCUT2D eigenvalue weighted by molar-refractivity contribution is 0.0964. The van der Waals surface area contributed by atoms with Crippen LogP contribution in [0, 0.1) is 0 Å². The molecule has 0 radical (unpaired) electrons. The molecule has 0 saturated carbocycles. The van der Waals surface area contributed by atoms with Crippen LogP contribution in [-0.4, -0.2) is 30.0 Å². The summed E-state index contributed by atoms with van der Waals surface area (Å²) >= 11 is 0. The second-order valence-corrected chi connectivity index (χ2v) is 5.60. The minimum atomic E-state index is -0.183. The Morgan fingerprint density at radius 1 is 1.07 bits per heavy atom. The van der Waals surface area contributed by atoms with Crippen LogP contribution < -0.4 is 26.4 Å². The number of ether oxygens (including phenoxy) is 1. The summed E-state index contributed by atoms with van der Waals surface area (Å²) in [6, 6.07) is 14.2. The van der Waals surface area contributed by atoms with Crippen molar-refractivity contribution in [2.75, 3.05) is 30.5 Å². The van der Waals surface area contributed by atoms with Gasteiger partial charge in [-0.05, 0) is 30.3 Å². The molecule has 3 aromatic rings. The predicted octanol–water partition coefficient (Wildman–Crippen LogP) is 2.91. The summed E-state index contributed by atoms with van der Waals surface area (Å²) in [7, 11) is 3.15. The van der Waals surface area contributed by atoms with E-state index in [2.05, 4.69) is 25.9 Å². The zero-order chi connectivity index (χ0) is 19.2. The molecule has 1 heterocycles. The second-order valence-electron chi connectivity index (χ2n) is 5.60. The SMILES string of the molecule is CNC(=O)c1ccccc1Nc1ccnc(Nc2ccc(N)cc2OC)n1. The Morgan fingerprint density at radius 3 is 2.67 bits per heavy atom. The number of aromatic nitrogens is 2. The third-order valence-corrected chi connectivity index (χ3v) is 3.79. The highest BCUT2D eigenvalue weighted by Gasteiger charge is 2.11. The minimum Gasteiger partial charge on any atom is -0.494 e. The molecule has 8 heteroatoms. The van der Waals surface area contributed by atoms with Gasteiger partial charge in [-0.1, -0.05) is 12.1 Å². The first-order valence-electron chi connectivity index (χ1n) is 8.22. The van der Waals surface area contributed by atoms with Crippen molar-refractivity contribution in [3.63, 3.8) is 0 Å². The van der Waals surface area contributed by atoms with Gasteiger partial charge in [0.2, 0.25) is 5.95 Å². The number of anilines is 5. The van der Waals surface area contributed by atoms with E-state index in [0.717, 1.165) is 0 Å². The van der Waals surface area contributed by atoms with Crippen molar-refractivity contribution < 1.29 is 9.53 Å². The van der Waals surface area contributed by atoms with E-state index in [1.54, 1.807) is 56.8 Å². The van der Waals surface area contributed by atoms with Gasteiger partial charge in [0.25, 0.3) is 5.91 Å². The Labute approximate surface area is 156 Å². The fourth-order valence-electron chi connectivity index (χ4n) is 2.48. The highest BCUT2D eigenvalue weighted by molar-refractivity contribution is 6.00. The average Bonchev–Trinajstić information content (AvgIpc) is 2.69. The van der Waals surface area contributed by atoms with Gasteiger partial charge < -0.3 is 26.4 Å². The molecule has 0 spiro atoms. The summed E-state index contributed by atoms with van der Waals surface area (Å²) in [5, 5.41) is 8.87. The Balaban J connectivity index is 1.84. The molecule has 0 saturated heterocycles. The van der Waals surface area contributed by atoms with Crippen LogP contribution >= 0.6 is 0 Å². The van der Waals surface area contributed by atoms with Gasteiger partial charge in [0.15, 0.2) is 0 Å². The molecule has 3 rings (SSSR count). The van der Waals surface area contributed by atoms with Crippen LogP contribution in [0.3, 0.4) is 0 Å². The van der Waals surface area contributed by atoms with Gasteiger partial charge in [-0.25, -0.2) is 4.98 Å². The van der Waals surface area contributed by atoms with Crippen LogP contribution in [0.1, 0.15) is 10.4 Å². The number of rotatable bonds is 6. The van der Waals surface area contributed by atoms with Crippen molar-refractivity contribution in [3.8, 4) is 5.75 Å². The molecule has 0 bridgehead atoms. The number of hydrogen-bond acceptors (Lipinski definition) is 7. The fourth-order valence-corrected chi connectivity index (χ4v) is 2.48. The van der Waals surface area contributed by atoms with Crippen LogP contribution in [-0.2, 0) is 0 Å². The molecule has 0 aliphatic rings. The zero-order valence-corrected chi connectivity index (χ0v) is 15.0. The van der Waals surface area contributed by atoms with Gasteiger partial charge in [-0.2, -0.15) is 4.98 Å². The van der Waals surface area contributed by atoms with Crippen molar-refractivity contribution >= 4 is 34.7 Å². The van der Waals surface area contributed by atoms with Crippen LogP contribution in [0.15, 0.2) is 54.7 Å². The molecule has 8 nitrogen and oxygen atoms in total. The Bertz CT molecular complexity index is 960. The Morgan fingerprint density at radius 2 is 1.89 bits per heavy atom. The summed E-state index contributed by atoms with van der Waals surface area (Å²) in [6.45, 7) is 0. The minimum absolute atomic E-state index is 0.183. The number of para-hydroxylation sites is 1. The van der Waals surface area contributed by atoms with Crippen LogP contribution in [0.25, 0.3) is 0 Å². The number of methoxy groups -OCH3 is 1. The molecule has 0 unspecified atom stereocenters. The third-order valence-electron chi connectivity index (χ3n) is 3.79. The molecular formula is C19H20N6O2. The lowest BCUT2D eigenvalue weighted by Crippen LogP contribution is -2.19. The van der Waals surface area contributed by atoms with Crippen molar-refractivity contribution in [2.45, 2.75) is 0 Å². The maximum absolute atomic E-state index is 12.0. The van der Waals surface area contributed by atoms with Crippen LogP contribution in [0.2, 0.25) is 0 Å². The van der Waals surface area contributed by atoms with E-state index in [-0.39, 0.29) is 5.91 Å². The summed E-state index contributed by atoms with van der Waals surface area (Å²) in [4.78, 5) is 20.7. The molecule has 1 amide bonds. The van der Waals surface area contributed by atoms with Gasteiger partial charge in [0, 0.05) is 25.0 Å². The molecule has 27 heavy (non-hydrogen) atoms. The molecule has 1 aromatic heterocycles. The van der Waals surface area contributed by atoms with Crippen molar-refractivity contribution in [3.05, 3.63) is 60.3 Å². The lowest BCUT2D eigenvalue weighted by Gasteiger charge is -2.13. The molecular weight excluding hydrogens is 344 g/mol. The first kappa shape index (κ1) is 18.0. The van der Waals surface area contributed by atoms with E-state index in [4.69, 9.17) is 10.5 Å². The quantitative estimate of drug-likeness (QED) is 0.497. The number of amides is 1. The topological polar surface area (TPSA) is 114 Å². The van der Waals surface area contributed by atoms with E-state index < -0.39 is 0 Å². The number of carbonyl (C=O) groups is 1. The predicted molar refractivity (Wildman–Crippen MR) is 106 cm³/mol. The number of nitrogens with two attached hydrogens (primary N) is 1. The van der Waals surface area contributed by atoms with E-state index in [1.807, 2.05) is 12.1 Å². The van der Waals surface area contributed by atoms with Crippen LogP contribution in [0.5, 0.6) is 5.75 Å². The van der Waals surface area contributed by atoms with Crippen molar-refractivity contribution in [1.29, 1.82) is 0 Å². The smallest absolute Gasteiger partial charge is 0.253 e. The van der Waals surface area contributed by atoms with E-state index in [1.165, 1.54) is 0 Å². The number of nitrogens with zero attached hydrogens (tertiary/aromatic N) is 2. The molecule has 2 aromatic carbocycles. The number of nitrogens with one attached hydrogen (secondary N) is 3. The highest BCUT2D eigenvalue weighted by atomic mass is 16.5. The zero-order valence-electron chi connectivity index (χ0n) is 15.0. The Hall–Kier alpha value is -3.81. The summed E-state index contributed by atoms with van der Waals surface area (Å²) in [5.74, 6) is 1.32. The first-order chi connectivity index (χ1) is 13.1. The van der Waals surface area contributed by atoms with Crippen molar-refractivity contribution in [1.82, 2.24) is 15.3 Å². The number of carbonyl (C=O) groups excluding carboxylic acids is 1. The van der Waals surface area contributed by atoms with E-state index in [0.29, 0.717) is 40.1 Å². The maximum atomic E-state index is 12.0. The second kappa shape index (κ2) is 8.05. The van der Waals surface area contributed by atoms with E-state index >= 15 is 0 Å². The van der Waals surface area contributed by atoms with Gasteiger partial charge in [0.05, 0.1) is 24.0 Å². The molecule has 138 valence electrons. The van der Waals surface area contributed by atoms with Gasteiger partial charge in [-0.3, -0.25) is 4.79 Å². The number of benzene rings is 2. The largest absolute Gasteiger partial charge is 0.494 e. The molecule has 0 aliphatic heterocycles. The normalized spacial score (nSPS) is 10.1. The molecule has 5 N–H and O–H groups in total. The monoisotopic (exact) mass is 364 g/mol. The number of hydrogen-bond donors (Lipinski definition) is 4. The van der Waals surface area contributed by atoms with Crippen LogP contribution in [0.4, 0.5) is 28.8 Å². The lowest BCUT2D eigenvalue weighted by atomic mass is 10.1. The maximum Gasteiger partial charge on any atom is 0.253 e.